The van der Waals surface area contributed by atoms with Gasteiger partial charge in [-0.3, -0.25) is 9.10 Å². The van der Waals surface area contributed by atoms with Crippen molar-refractivity contribution in [1.82, 2.24) is 5.32 Å². The van der Waals surface area contributed by atoms with Gasteiger partial charge in [-0.1, -0.05) is 17.7 Å². The Hall–Kier alpha value is -2.74. The number of fused-ring (bicyclic) bond motifs is 1. The van der Waals surface area contributed by atoms with E-state index in [9.17, 15) is 13.2 Å². The van der Waals surface area contributed by atoms with Crippen LogP contribution in [0.4, 0.5) is 5.69 Å². The van der Waals surface area contributed by atoms with Gasteiger partial charge in [0.05, 0.1) is 25.1 Å². The van der Waals surface area contributed by atoms with Gasteiger partial charge >= 0.3 is 0 Å². The number of ether oxygens (including phenoxy) is 2. The van der Waals surface area contributed by atoms with Crippen LogP contribution in [0, 0.1) is 6.92 Å². The lowest BCUT2D eigenvalue weighted by atomic mass is 9.89. The highest BCUT2D eigenvalue weighted by Gasteiger charge is 2.34. The number of methoxy groups -OCH3 is 1. The van der Waals surface area contributed by atoms with Gasteiger partial charge in [-0.15, -0.1) is 0 Å². The number of sulfonamides is 1. The standard InChI is InChI=1S/C24H32N2O5S/c1-17-8-13-22-20(15-17)21(16-24(2,3)31-22)25-23(27)7-6-14-26(32(5,28)29)18-9-11-19(30-4)12-10-18/h8-13,15,21H,6-7,14,16H2,1-5H3,(H,25,27)/t21-/m1/s1. The minimum Gasteiger partial charge on any atom is -0.497 e. The summed E-state index contributed by atoms with van der Waals surface area (Å²) in [5, 5.41) is 3.12. The molecule has 0 bridgehead atoms. The molecule has 8 heteroatoms. The summed E-state index contributed by atoms with van der Waals surface area (Å²) in [7, 11) is -1.92. The fraction of sp³-hybridized carbons (Fsp3) is 0.458. The second kappa shape index (κ2) is 9.40. The summed E-state index contributed by atoms with van der Waals surface area (Å²) in [5.41, 5.74) is 2.24. The van der Waals surface area contributed by atoms with Crippen molar-refractivity contribution in [2.45, 2.75) is 51.7 Å². The minimum atomic E-state index is -3.48. The van der Waals surface area contributed by atoms with Crippen LogP contribution in [-0.2, 0) is 14.8 Å². The Bertz CT molecular complexity index is 1060. The minimum absolute atomic E-state index is 0.108. The van der Waals surface area contributed by atoms with E-state index in [1.54, 1.807) is 31.4 Å². The highest BCUT2D eigenvalue weighted by atomic mass is 32.2. The van der Waals surface area contributed by atoms with E-state index in [4.69, 9.17) is 9.47 Å². The summed E-state index contributed by atoms with van der Waals surface area (Å²) in [5.74, 6) is 1.33. The molecule has 0 unspecified atom stereocenters. The molecule has 0 aromatic heterocycles. The van der Waals surface area contributed by atoms with E-state index in [0.717, 1.165) is 16.9 Å². The zero-order valence-corrected chi connectivity index (χ0v) is 20.2. The van der Waals surface area contributed by atoms with Crippen molar-refractivity contribution in [2.24, 2.45) is 0 Å². The average Bonchev–Trinajstić information content (AvgIpc) is 2.70. The number of carbonyl (C=O) groups excluding carboxylic acids is 1. The topological polar surface area (TPSA) is 84.9 Å². The van der Waals surface area contributed by atoms with Crippen LogP contribution in [0.1, 0.15) is 50.3 Å². The summed E-state index contributed by atoms with van der Waals surface area (Å²) in [6, 6.07) is 12.7. The van der Waals surface area contributed by atoms with E-state index in [-0.39, 0.29) is 30.5 Å². The van der Waals surface area contributed by atoms with Crippen molar-refractivity contribution in [3.63, 3.8) is 0 Å². The Morgan fingerprint density at radius 1 is 1.22 bits per heavy atom. The van der Waals surface area contributed by atoms with Gasteiger partial charge in [0.2, 0.25) is 15.9 Å². The number of hydrogen-bond donors (Lipinski definition) is 1. The molecule has 1 atom stereocenters. The van der Waals surface area contributed by atoms with Crippen LogP contribution in [0.3, 0.4) is 0 Å². The molecule has 0 saturated carbocycles. The third kappa shape index (κ3) is 5.94. The molecule has 0 radical (unpaired) electrons. The predicted molar refractivity (Wildman–Crippen MR) is 126 cm³/mol. The molecular weight excluding hydrogens is 428 g/mol. The molecule has 1 heterocycles. The first-order valence-electron chi connectivity index (χ1n) is 10.7. The highest BCUT2D eigenvalue weighted by Crippen LogP contribution is 2.39. The van der Waals surface area contributed by atoms with Crippen molar-refractivity contribution in [2.75, 3.05) is 24.2 Å². The molecule has 1 aliphatic heterocycles. The van der Waals surface area contributed by atoms with Gasteiger partial charge in [0, 0.05) is 24.9 Å². The number of rotatable bonds is 8. The van der Waals surface area contributed by atoms with Crippen LogP contribution < -0.4 is 19.1 Å². The summed E-state index contributed by atoms with van der Waals surface area (Å²) in [6.07, 6.45) is 2.45. The number of carbonyl (C=O) groups is 1. The first-order chi connectivity index (χ1) is 15.0. The summed E-state index contributed by atoms with van der Waals surface area (Å²) in [4.78, 5) is 12.7. The lowest BCUT2D eigenvalue weighted by Crippen LogP contribution is -2.41. The van der Waals surface area contributed by atoms with E-state index in [0.29, 0.717) is 24.3 Å². The van der Waals surface area contributed by atoms with Gasteiger partial charge in [0.25, 0.3) is 0 Å². The fourth-order valence-corrected chi connectivity index (χ4v) is 4.95. The number of benzene rings is 2. The van der Waals surface area contributed by atoms with Crippen molar-refractivity contribution >= 4 is 21.6 Å². The van der Waals surface area contributed by atoms with E-state index in [1.807, 2.05) is 39.0 Å². The molecule has 1 N–H and O–H groups in total. The number of nitrogens with one attached hydrogen (secondary N) is 1. The van der Waals surface area contributed by atoms with Crippen molar-refractivity contribution in [3.05, 3.63) is 53.6 Å². The number of nitrogens with zero attached hydrogens (tertiary/aromatic N) is 1. The van der Waals surface area contributed by atoms with Crippen LogP contribution in [0.2, 0.25) is 0 Å². The van der Waals surface area contributed by atoms with Crippen LogP contribution in [0.5, 0.6) is 11.5 Å². The van der Waals surface area contributed by atoms with Crippen LogP contribution >= 0.6 is 0 Å². The normalized spacial score (nSPS) is 17.1. The maximum Gasteiger partial charge on any atom is 0.232 e. The number of hydrogen-bond acceptors (Lipinski definition) is 5. The lowest BCUT2D eigenvalue weighted by Gasteiger charge is -2.38. The molecule has 32 heavy (non-hydrogen) atoms. The molecular formula is C24H32N2O5S. The molecule has 1 amide bonds. The Kier molecular flexibility index (Phi) is 7.03. The van der Waals surface area contributed by atoms with E-state index >= 15 is 0 Å². The van der Waals surface area contributed by atoms with E-state index in [1.165, 1.54) is 10.6 Å². The molecule has 2 aromatic carbocycles. The Labute approximate surface area is 190 Å². The molecule has 0 spiro atoms. The van der Waals surface area contributed by atoms with E-state index < -0.39 is 10.0 Å². The van der Waals surface area contributed by atoms with Crippen LogP contribution in [0.15, 0.2) is 42.5 Å². The van der Waals surface area contributed by atoms with Crippen molar-refractivity contribution < 1.29 is 22.7 Å². The monoisotopic (exact) mass is 460 g/mol. The third-order valence-corrected chi connectivity index (χ3v) is 6.68. The molecule has 1 aliphatic rings. The number of amides is 1. The van der Waals surface area contributed by atoms with E-state index in [2.05, 4.69) is 5.32 Å². The Balaban J connectivity index is 1.64. The van der Waals surface area contributed by atoms with Crippen molar-refractivity contribution in [3.8, 4) is 11.5 Å². The average molecular weight is 461 g/mol. The van der Waals surface area contributed by atoms with Gasteiger partial charge in [-0.05, 0) is 57.5 Å². The van der Waals surface area contributed by atoms with Gasteiger partial charge in [0.1, 0.15) is 17.1 Å². The number of anilines is 1. The first-order valence-corrected chi connectivity index (χ1v) is 12.5. The molecule has 174 valence electrons. The van der Waals surface area contributed by atoms with Crippen LogP contribution in [-0.4, -0.2) is 39.8 Å². The zero-order chi connectivity index (χ0) is 23.5. The van der Waals surface area contributed by atoms with Gasteiger partial charge in [-0.25, -0.2) is 8.42 Å². The SMILES string of the molecule is COc1ccc(N(CCCC(=O)N[C@@H]2CC(C)(C)Oc3ccc(C)cc32)S(C)(=O)=O)cc1. The number of aryl methyl sites for hydroxylation is 1. The second-order valence-electron chi connectivity index (χ2n) is 8.86. The largest absolute Gasteiger partial charge is 0.497 e. The molecule has 0 aliphatic carbocycles. The lowest BCUT2D eigenvalue weighted by molar-refractivity contribution is -0.122. The highest BCUT2D eigenvalue weighted by molar-refractivity contribution is 7.92. The Morgan fingerprint density at radius 3 is 2.53 bits per heavy atom. The molecule has 0 fully saturated rings. The van der Waals surface area contributed by atoms with Gasteiger partial charge in [-0.2, -0.15) is 0 Å². The molecule has 7 nitrogen and oxygen atoms in total. The van der Waals surface area contributed by atoms with Gasteiger partial charge < -0.3 is 14.8 Å². The molecule has 3 rings (SSSR count). The smallest absolute Gasteiger partial charge is 0.232 e. The predicted octanol–water partition coefficient (Wildman–Crippen LogP) is 3.97. The maximum absolute atomic E-state index is 12.7. The second-order valence-corrected chi connectivity index (χ2v) is 10.8. The summed E-state index contributed by atoms with van der Waals surface area (Å²) in [6.45, 7) is 6.24. The zero-order valence-electron chi connectivity index (χ0n) is 19.3. The molecule has 2 aromatic rings. The molecule has 0 saturated heterocycles. The Morgan fingerprint density at radius 2 is 1.91 bits per heavy atom. The van der Waals surface area contributed by atoms with Crippen LogP contribution in [0.25, 0.3) is 0 Å². The van der Waals surface area contributed by atoms with Crippen molar-refractivity contribution in [1.29, 1.82) is 0 Å². The van der Waals surface area contributed by atoms with Gasteiger partial charge in [0.15, 0.2) is 0 Å². The quantitative estimate of drug-likeness (QED) is 0.644. The third-order valence-electron chi connectivity index (χ3n) is 5.48. The summed E-state index contributed by atoms with van der Waals surface area (Å²) >= 11 is 0. The summed E-state index contributed by atoms with van der Waals surface area (Å²) < 4.78 is 37.1. The maximum atomic E-state index is 12.7. The first kappa shape index (κ1) is 23.9. The fourth-order valence-electron chi connectivity index (χ4n) is 3.99.